The zero-order valence-corrected chi connectivity index (χ0v) is 34.1. The molecule has 0 aromatic heterocycles. The Balaban J connectivity index is 1.98. The fourth-order valence-electron chi connectivity index (χ4n) is 7.32. The van der Waals surface area contributed by atoms with E-state index in [-0.39, 0.29) is 37.4 Å². The van der Waals surface area contributed by atoms with Gasteiger partial charge in [-0.1, -0.05) is 173 Å². The second kappa shape index (κ2) is 34.7. The minimum absolute atomic E-state index is 0.116. The van der Waals surface area contributed by atoms with Gasteiger partial charge in [0, 0.05) is 25.2 Å². The molecule has 1 fully saturated rings. The number of rotatable bonds is 36. The Morgan fingerprint density at radius 2 is 1.06 bits per heavy atom. The Kier molecular flexibility index (Phi) is 32.3. The second-order valence-electron chi connectivity index (χ2n) is 15.8. The first kappa shape index (κ1) is 49.3. The molecule has 1 aliphatic rings. The number of ether oxygens (including phenoxy) is 2. The summed E-state index contributed by atoms with van der Waals surface area (Å²) in [5.41, 5.74) is 0. The summed E-state index contributed by atoms with van der Waals surface area (Å²) < 4.78 is 10.3. The number of carbonyl (C=O) groups is 2. The van der Waals surface area contributed by atoms with Gasteiger partial charge in [0.2, 0.25) is 0 Å². The van der Waals surface area contributed by atoms with E-state index < -0.39 is 30.4 Å². The van der Waals surface area contributed by atoms with Gasteiger partial charge in [-0.3, -0.25) is 9.59 Å². The van der Waals surface area contributed by atoms with Gasteiger partial charge in [0.25, 0.3) is 0 Å². The van der Waals surface area contributed by atoms with Gasteiger partial charge >= 0.3 is 11.9 Å². The SMILES string of the molecule is CCCCCCCCCCCCCCCCCCCCCC(=O)OC[C@H](O)COC(=O)CCC/C=C/C[C@@H]1[C@@H](/C=C/[C@@H](O)CCCCC)[C@H](O)C[C@@H]1O. The lowest BCUT2D eigenvalue weighted by molar-refractivity contribution is -0.152. The van der Waals surface area contributed by atoms with Crippen molar-refractivity contribution in [2.24, 2.45) is 11.8 Å². The standard InChI is InChI=1S/C45H82O8/c1-3-5-7-8-9-10-11-12-13-14-15-16-17-18-19-20-21-22-27-31-44(50)52-36-39(47)37-53-45(51)32-28-24-23-26-30-40-41(43(49)35-42(40)48)34-33-38(46)29-25-6-4-2/h23,26,33-34,38-43,46-49H,3-22,24-25,27-32,35-37H2,1-2H3/b26-23+,34-33+/t38-,39-,40+,41+,42-,43+/m0/s1. The van der Waals surface area contributed by atoms with Crippen LogP contribution in [0.5, 0.6) is 0 Å². The highest BCUT2D eigenvalue weighted by atomic mass is 16.6. The van der Waals surface area contributed by atoms with Crippen LogP contribution in [0.1, 0.15) is 200 Å². The minimum Gasteiger partial charge on any atom is -0.463 e. The summed E-state index contributed by atoms with van der Waals surface area (Å²) in [6, 6.07) is 0. The maximum Gasteiger partial charge on any atom is 0.305 e. The van der Waals surface area contributed by atoms with Crippen LogP contribution in [-0.4, -0.2) is 70.0 Å². The van der Waals surface area contributed by atoms with Crippen LogP contribution in [-0.2, 0) is 19.1 Å². The first-order valence-corrected chi connectivity index (χ1v) is 22.1. The molecule has 4 N–H and O–H groups in total. The normalized spacial score (nSPS) is 20.0. The van der Waals surface area contributed by atoms with Gasteiger partial charge in [-0.25, -0.2) is 0 Å². The number of hydrogen-bond donors (Lipinski definition) is 4. The van der Waals surface area contributed by atoms with Crippen LogP contribution in [0.15, 0.2) is 24.3 Å². The summed E-state index contributed by atoms with van der Waals surface area (Å²) >= 11 is 0. The first-order chi connectivity index (χ1) is 25.8. The van der Waals surface area contributed by atoms with Crippen molar-refractivity contribution in [3.8, 4) is 0 Å². The van der Waals surface area contributed by atoms with Crippen molar-refractivity contribution >= 4 is 11.9 Å². The lowest BCUT2D eigenvalue weighted by Gasteiger charge is -2.19. The molecular weight excluding hydrogens is 668 g/mol. The molecule has 0 bridgehead atoms. The highest BCUT2D eigenvalue weighted by molar-refractivity contribution is 5.69. The summed E-state index contributed by atoms with van der Waals surface area (Å²) in [5.74, 6) is -1.05. The molecule has 0 saturated heterocycles. The molecule has 0 spiro atoms. The second-order valence-corrected chi connectivity index (χ2v) is 15.8. The summed E-state index contributed by atoms with van der Waals surface area (Å²) in [6.07, 6.45) is 36.2. The van der Waals surface area contributed by atoms with E-state index in [2.05, 4.69) is 13.8 Å². The number of hydrogen-bond acceptors (Lipinski definition) is 8. The third-order valence-corrected chi connectivity index (χ3v) is 10.8. The molecule has 1 saturated carbocycles. The molecule has 8 heteroatoms. The average molecular weight is 751 g/mol. The van der Waals surface area contributed by atoms with Crippen molar-refractivity contribution in [1.82, 2.24) is 0 Å². The lowest BCUT2D eigenvalue weighted by Crippen LogP contribution is -2.25. The van der Waals surface area contributed by atoms with E-state index in [4.69, 9.17) is 9.47 Å². The van der Waals surface area contributed by atoms with Crippen molar-refractivity contribution < 1.29 is 39.5 Å². The largest absolute Gasteiger partial charge is 0.463 e. The van der Waals surface area contributed by atoms with E-state index in [1.165, 1.54) is 103 Å². The smallest absolute Gasteiger partial charge is 0.305 e. The third-order valence-electron chi connectivity index (χ3n) is 10.8. The summed E-state index contributed by atoms with van der Waals surface area (Å²) in [4.78, 5) is 24.2. The van der Waals surface area contributed by atoms with E-state index in [0.29, 0.717) is 38.5 Å². The van der Waals surface area contributed by atoms with Crippen LogP contribution in [0, 0.1) is 11.8 Å². The molecule has 8 nitrogen and oxygen atoms in total. The lowest BCUT2D eigenvalue weighted by atomic mass is 9.89. The number of unbranched alkanes of at least 4 members (excludes halogenated alkanes) is 21. The maximum atomic E-state index is 12.1. The Labute approximate surface area is 324 Å². The van der Waals surface area contributed by atoms with E-state index in [1.54, 1.807) is 6.08 Å². The van der Waals surface area contributed by atoms with Gasteiger partial charge < -0.3 is 29.9 Å². The quantitative estimate of drug-likeness (QED) is 0.0283. The summed E-state index contributed by atoms with van der Waals surface area (Å²) in [5, 5.41) is 41.2. The zero-order chi connectivity index (χ0) is 38.8. The summed E-state index contributed by atoms with van der Waals surface area (Å²) in [6.45, 7) is 4.02. The van der Waals surface area contributed by atoms with Gasteiger partial charge in [-0.2, -0.15) is 0 Å². The molecule has 0 aliphatic heterocycles. The third kappa shape index (κ3) is 28.3. The zero-order valence-electron chi connectivity index (χ0n) is 34.1. The minimum atomic E-state index is -1.04. The highest BCUT2D eigenvalue weighted by Gasteiger charge is 2.39. The highest BCUT2D eigenvalue weighted by Crippen LogP contribution is 2.36. The predicted octanol–water partition coefficient (Wildman–Crippen LogP) is 10.2. The van der Waals surface area contributed by atoms with E-state index in [0.717, 1.165) is 38.5 Å². The molecule has 0 unspecified atom stereocenters. The molecule has 1 rings (SSSR count). The Morgan fingerprint density at radius 1 is 0.604 bits per heavy atom. The van der Waals surface area contributed by atoms with Crippen molar-refractivity contribution in [3.63, 3.8) is 0 Å². The Bertz CT molecular complexity index is 920. The van der Waals surface area contributed by atoms with Crippen LogP contribution < -0.4 is 0 Å². The molecule has 0 aromatic rings. The molecule has 0 amide bonds. The van der Waals surface area contributed by atoms with E-state index in [9.17, 15) is 30.0 Å². The van der Waals surface area contributed by atoms with Gasteiger partial charge in [-0.05, 0) is 38.0 Å². The molecule has 0 radical (unpaired) electrons. The van der Waals surface area contributed by atoms with Gasteiger partial charge in [0.05, 0.1) is 18.3 Å². The fourth-order valence-corrected chi connectivity index (χ4v) is 7.32. The topological polar surface area (TPSA) is 134 Å². The molecule has 1 aliphatic carbocycles. The number of aliphatic hydroxyl groups is 4. The predicted molar refractivity (Wildman–Crippen MR) is 216 cm³/mol. The first-order valence-electron chi connectivity index (χ1n) is 22.1. The van der Waals surface area contributed by atoms with Gasteiger partial charge in [0.1, 0.15) is 19.3 Å². The van der Waals surface area contributed by atoms with Crippen LogP contribution in [0.4, 0.5) is 0 Å². The van der Waals surface area contributed by atoms with Crippen molar-refractivity contribution in [2.45, 2.75) is 224 Å². The maximum absolute atomic E-state index is 12.1. The molecule has 0 heterocycles. The number of aliphatic hydroxyl groups excluding tert-OH is 4. The Morgan fingerprint density at radius 3 is 1.57 bits per heavy atom. The number of carbonyl (C=O) groups excluding carboxylic acids is 2. The number of esters is 2. The van der Waals surface area contributed by atoms with Crippen molar-refractivity contribution in [1.29, 1.82) is 0 Å². The van der Waals surface area contributed by atoms with Crippen molar-refractivity contribution in [3.05, 3.63) is 24.3 Å². The van der Waals surface area contributed by atoms with Crippen LogP contribution in [0.3, 0.4) is 0 Å². The monoisotopic (exact) mass is 751 g/mol. The summed E-state index contributed by atoms with van der Waals surface area (Å²) in [7, 11) is 0. The molecule has 0 aromatic carbocycles. The molecule has 6 atom stereocenters. The average Bonchev–Trinajstić information content (AvgIpc) is 3.41. The Hall–Kier alpha value is -1.74. The van der Waals surface area contributed by atoms with Gasteiger partial charge in [0.15, 0.2) is 0 Å². The molecule has 53 heavy (non-hydrogen) atoms. The fraction of sp³-hybridized carbons (Fsp3) is 0.867. The van der Waals surface area contributed by atoms with Crippen molar-refractivity contribution in [2.75, 3.05) is 13.2 Å². The van der Waals surface area contributed by atoms with Crippen LogP contribution in [0.2, 0.25) is 0 Å². The number of allylic oxidation sites excluding steroid dienone is 2. The van der Waals surface area contributed by atoms with E-state index in [1.807, 2.05) is 18.2 Å². The van der Waals surface area contributed by atoms with Gasteiger partial charge in [-0.15, -0.1) is 0 Å². The molecular formula is C45H82O8. The van der Waals surface area contributed by atoms with E-state index >= 15 is 0 Å². The molecule has 310 valence electrons. The van der Waals surface area contributed by atoms with Crippen LogP contribution in [0.25, 0.3) is 0 Å². The van der Waals surface area contributed by atoms with Crippen LogP contribution >= 0.6 is 0 Å².